The van der Waals surface area contributed by atoms with Crippen LogP contribution in [-0.2, 0) is 6.42 Å². The molecule has 21 heavy (non-hydrogen) atoms. The smallest absolute Gasteiger partial charge is 0.0408 e. The van der Waals surface area contributed by atoms with Gasteiger partial charge in [-0.25, -0.2) is 0 Å². The maximum absolute atomic E-state index is 3.65. The summed E-state index contributed by atoms with van der Waals surface area (Å²) >= 11 is 3.64. The highest BCUT2D eigenvalue weighted by Crippen LogP contribution is 2.27. The first-order valence-corrected chi connectivity index (χ1v) is 8.31. The van der Waals surface area contributed by atoms with E-state index in [-0.39, 0.29) is 0 Å². The Bertz CT molecular complexity index is 597. The minimum absolute atomic E-state index is 0.513. The van der Waals surface area contributed by atoms with E-state index in [0.717, 1.165) is 26.1 Å². The second-order valence-electron chi connectivity index (χ2n) is 5.67. The highest BCUT2D eigenvalue weighted by atomic mass is 79.9. The van der Waals surface area contributed by atoms with Crippen molar-refractivity contribution in [1.29, 1.82) is 0 Å². The highest BCUT2D eigenvalue weighted by molar-refractivity contribution is 9.10. The summed E-state index contributed by atoms with van der Waals surface area (Å²) in [6.07, 6.45) is 1.09. The lowest BCUT2D eigenvalue weighted by molar-refractivity contribution is 0.454. The van der Waals surface area contributed by atoms with Crippen molar-refractivity contribution < 1.29 is 0 Å². The van der Waals surface area contributed by atoms with Crippen molar-refractivity contribution in [2.75, 3.05) is 24.5 Å². The van der Waals surface area contributed by atoms with Crippen molar-refractivity contribution in [2.45, 2.75) is 19.4 Å². The molecule has 1 heterocycles. The lowest BCUT2D eigenvalue weighted by Crippen LogP contribution is -2.51. The second-order valence-corrected chi connectivity index (χ2v) is 6.53. The molecule has 1 aliphatic heterocycles. The van der Waals surface area contributed by atoms with Crippen LogP contribution in [0.1, 0.15) is 11.1 Å². The summed E-state index contributed by atoms with van der Waals surface area (Å²) in [4.78, 5) is 2.50. The van der Waals surface area contributed by atoms with E-state index >= 15 is 0 Å². The van der Waals surface area contributed by atoms with Gasteiger partial charge >= 0.3 is 0 Å². The molecule has 0 aromatic heterocycles. The molecule has 0 aliphatic carbocycles. The molecule has 110 valence electrons. The third-order valence-electron chi connectivity index (χ3n) is 4.16. The van der Waals surface area contributed by atoms with Crippen molar-refractivity contribution in [1.82, 2.24) is 5.32 Å². The molecular weight excluding hydrogens is 324 g/mol. The molecule has 2 aromatic rings. The predicted octanol–water partition coefficient (Wildman–Crippen LogP) is 3.78. The van der Waals surface area contributed by atoms with Gasteiger partial charge in [0.15, 0.2) is 0 Å². The van der Waals surface area contributed by atoms with E-state index in [0.29, 0.717) is 6.04 Å². The van der Waals surface area contributed by atoms with Crippen molar-refractivity contribution in [3.63, 3.8) is 0 Å². The Morgan fingerprint density at radius 1 is 1.14 bits per heavy atom. The van der Waals surface area contributed by atoms with Gasteiger partial charge < -0.3 is 10.2 Å². The molecule has 1 saturated heterocycles. The van der Waals surface area contributed by atoms with Crippen LogP contribution in [0.3, 0.4) is 0 Å². The summed E-state index contributed by atoms with van der Waals surface area (Å²) in [6, 6.07) is 17.7. The Morgan fingerprint density at radius 2 is 1.95 bits per heavy atom. The van der Waals surface area contributed by atoms with Crippen LogP contribution in [0.2, 0.25) is 0 Å². The molecule has 0 spiro atoms. The minimum Gasteiger partial charge on any atom is -0.368 e. The quantitative estimate of drug-likeness (QED) is 0.911. The van der Waals surface area contributed by atoms with Crippen LogP contribution >= 0.6 is 15.9 Å². The first-order valence-electron chi connectivity index (χ1n) is 7.51. The van der Waals surface area contributed by atoms with E-state index in [1.807, 2.05) is 0 Å². The molecule has 0 amide bonds. The SMILES string of the molecule is Cc1c(Br)cccc1N1CCNC(Cc2ccccc2)C1. The molecule has 1 atom stereocenters. The number of halogens is 1. The summed E-state index contributed by atoms with van der Waals surface area (Å²) in [5, 5.41) is 3.65. The zero-order valence-electron chi connectivity index (χ0n) is 12.3. The number of anilines is 1. The number of hydrogen-bond donors (Lipinski definition) is 1. The average molecular weight is 345 g/mol. The van der Waals surface area contributed by atoms with Gasteiger partial charge in [0.25, 0.3) is 0 Å². The molecule has 0 radical (unpaired) electrons. The summed E-state index contributed by atoms with van der Waals surface area (Å²) < 4.78 is 1.19. The van der Waals surface area contributed by atoms with E-state index in [2.05, 4.69) is 81.6 Å². The number of rotatable bonds is 3. The largest absolute Gasteiger partial charge is 0.368 e. The molecular formula is C18H21BrN2. The Kier molecular flexibility index (Phi) is 4.61. The summed E-state index contributed by atoms with van der Waals surface area (Å²) in [7, 11) is 0. The van der Waals surface area contributed by atoms with Gasteiger partial charge in [-0.2, -0.15) is 0 Å². The summed E-state index contributed by atoms with van der Waals surface area (Å²) in [6.45, 7) is 5.37. The minimum atomic E-state index is 0.513. The highest BCUT2D eigenvalue weighted by Gasteiger charge is 2.21. The molecule has 2 aromatic carbocycles. The van der Waals surface area contributed by atoms with Crippen LogP contribution < -0.4 is 10.2 Å². The van der Waals surface area contributed by atoms with Gasteiger partial charge in [0.1, 0.15) is 0 Å². The zero-order chi connectivity index (χ0) is 14.7. The molecule has 3 rings (SSSR count). The number of hydrogen-bond acceptors (Lipinski definition) is 2. The van der Waals surface area contributed by atoms with E-state index in [1.165, 1.54) is 21.3 Å². The topological polar surface area (TPSA) is 15.3 Å². The molecule has 1 fully saturated rings. The van der Waals surface area contributed by atoms with Gasteiger partial charge in [-0.05, 0) is 36.6 Å². The first kappa shape index (κ1) is 14.6. The summed E-state index contributed by atoms with van der Waals surface area (Å²) in [5.41, 5.74) is 4.09. The Labute approximate surface area is 135 Å². The van der Waals surface area contributed by atoms with Gasteiger partial charge in [-0.3, -0.25) is 0 Å². The van der Waals surface area contributed by atoms with Crippen molar-refractivity contribution in [3.05, 3.63) is 64.1 Å². The molecule has 1 N–H and O–H groups in total. The number of piperazine rings is 1. The van der Waals surface area contributed by atoms with Crippen LogP contribution in [0.15, 0.2) is 53.0 Å². The fraction of sp³-hybridized carbons (Fsp3) is 0.333. The Balaban J connectivity index is 1.72. The van der Waals surface area contributed by atoms with Crippen LogP contribution in [-0.4, -0.2) is 25.7 Å². The van der Waals surface area contributed by atoms with E-state index in [9.17, 15) is 0 Å². The fourth-order valence-electron chi connectivity index (χ4n) is 3.02. The third kappa shape index (κ3) is 3.47. The van der Waals surface area contributed by atoms with E-state index in [4.69, 9.17) is 0 Å². The van der Waals surface area contributed by atoms with Crippen molar-refractivity contribution in [3.8, 4) is 0 Å². The van der Waals surface area contributed by atoms with Gasteiger partial charge in [0.2, 0.25) is 0 Å². The molecule has 0 saturated carbocycles. The number of benzene rings is 2. The van der Waals surface area contributed by atoms with Crippen molar-refractivity contribution in [2.24, 2.45) is 0 Å². The second kappa shape index (κ2) is 6.63. The predicted molar refractivity (Wildman–Crippen MR) is 93.0 cm³/mol. The van der Waals surface area contributed by atoms with Crippen LogP contribution in [0.25, 0.3) is 0 Å². The monoisotopic (exact) mass is 344 g/mol. The molecule has 3 heteroatoms. The van der Waals surface area contributed by atoms with Crippen LogP contribution in [0.4, 0.5) is 5.69 Å². The maximum Gasteiger partial charge on any atom is 0.0408 e. The lowest BCUT2D eigenvalue weighted by Gasteiger charge is -2.36. The third-order valence-corrected chi connectivity index (χ3v) is 5.02. The molecule has 2 nitrogen and oxygen atoms in total. The van der Waals surface area contributed by atoms with Crippen molar-refractivity contribution >= 4 is 21.6 Å². The van der Waals surface area contributed by atoms with Gasteiger partial charge in [-0.1, -0.05) is 52.3 Å². The number of nitrogens with one attached hydrogen (secondary N) is 1. The van der Waals surface area contributed by atoms with E-state index < -0.39 is 0 Å². The lowest BCUT2D eigenvalue weighted by atomic mass is 10.0. The Morgan fingerprint density at radius 3 is 2.76 bits per heavy atom. The first-order chi connectivity index (χ1) is 10.2. The van der Waals surface area contributed by atoms with Crippen LogP contribution in [0.5, 0.6) is 0 Å². The zero-order valence-corrected chi connectivity index (χ0v) is 13.9. The normalized spacial score (nSPS) is 18.8. The Hall–Kier alpha value is -1.32. The maximum atomic E-state index is 3.65. The average Bonchev–Trinajstić information content (AvgIpc) is 2.51. The van der Waals surface area contributed by atoms with Crippen LogP contribution in [0, 0.1) is 6.92 Å². The molecule has 1 unspecified atom stereocenters. The van der Waals surface area contributed by atoms with E-state index in [1.54, 1.807) is 0 Å². The molecule has 1 aliphatic rings. The number of nitrogens with zero attached hydrogens (tertiary/aromatic N) is 1. The summed E-state index contributed by atoms with van der Waals surface area (Å²) in [5.74, 6) is 0. The van der Waals surface area contributed by atoms with Gasteiger partial charge in [0, 0.05) is 35.8 Å². The van der Waals surface area contributed by atoms with Gasteiger partial charge in [0.05, 0.1) is 0 Å². The fourth-order valence-corrected chi connectivity index (χ4v) is 3.37. The molecule has 0 bridgehead atoms. The standard InChI is InChI=1S/C18H21BrN2/c1-14-17(19)8-5-9-18(14)21-11-10-20-16(13-21)12-15-6-3-2-4-7-15/h2-9,16,20H,10-13H2,1H3. The van der Waals surface area contributed by atoms with Gasteiger partial charge in [-0.15, -0.1) is 0 Å².